The molecule has 0 saturated heterocycles. The van der Waals surface area contributed by atoms with Crippen molar-refractivity contribution in [1.82, 2.24) is 15.6 Å². The average Bonchev–Trinajstić information content (AvgIpc) is 2.39. The van der Waals surface area contributed by atoms with Crippen LogP contribution in [0.5, 0.6) is 0 Å². The number of aliphatic imine (C=N–C) groups is 1. The molecule has 0 saturated carbocycles. The molecule has 0 atom stereocenters. The molecule has 0 unspecified atom stereocenters. The third kappa shape index (κ3) is 10.0. The van der Waals surface area contributed by atoms with Crippen molar-refractivity contribution in [2.45, 2.75) is 25.9 Å². The van der Waals surface area contributed by atoms with E-state index in [0.717, 1.165) is 5.56 Å². The third-order valence-electron chi connectivity index (χ3n) is 2.50. The van der Waals surface area contributed by atoms with Crippen LogP contribution in [0, 0.1) is 0 Å². The Labute approximate surface area is 150 Å². The molecule has 0 aliphatic rings. The van der Waals surface area contributed by atoms with E-state index in [0.29, 0.717) is 30.6 Å². The van der Waals surface area contributed by atoms with Crippen molar-refractivity contribution in [2.24, 2.45) is 4.99 Å². The lowest BCUT2D eigenvalue weighted by Crippen LogP contribution is -2.38. The summed E-state index contributed by atoms with van der Waals surface area (Å²) in [4.78, 5) is 7.84. The van der Waals surface area contributed by atoms with Crippen LogP contribution in [0.15, 0.2) is 23.3 Å². The number of alkyl halides is 3. The van der Waals surface area contributed by atoms with Crippen molar-refractivity contribution in [3.05, 3.63) is 29.0 Å². The van der Waals surface area contributed by atoms with E-state index in [1.807, 2.05) is 13.0 Å². The average molecular weight is 451 g/mol. The minimum absolute atomic E-state index is 0. The van der Waals surface area contributed by atoms with Gasteiger partial charge in [-0.2, -0.15) is 13.2 Å². The SMILES string of the molecule is CCNC(=NCCC(F)(F)F)NCCc1ccc(Cl)nc1.I. The Bertz CT molecular complexity index is 452. The van der Waals surface area contributed by atoms with Crippen molar-refractivity contribution in [3.63, 3.8) is 0 Å². The number of hydrogen-bond acceptors (Lipinski definition) is 2. The van der Waals surface area contributed by atoms with Crippen molar-refractivity contribution in [3.8, 4) is 0 Å². The van der Waals surface area contributed by atoms with E-state index in [2.05, 4.69) is 20.6 Å². The molecule has 126 valence electrons. The minimum Gasteiger partial charge on any atom is -0.357 e. The molecule has 0 radical (unpaired) electrons. The smallest absolute Gasteiger partial charge is 0.357 e. The highest BCUT2D eigenvalue weighted by Gasteiger charge is 2.26. The first kappa shape index (κ1) is 21.2. The largest absolute Gasteiger partial charge is 0.390 e. The van der Waals surface area contributed by atoms with E-state index in [4.69, 9.17) is 11.6 Å². The van der Waals surface area contributed by atoms with Crippen LogP contribution in [0.3, 0.4) is 0 Å². The Morgan fingerprint density at radius 1 is 1.32 bits per heavy atom. The van der Waals surface area contributed by atoms with Crippen LogP contribution < -0.4 is 10.6 Å². The molecule has 1 heterocycles. The second kappa shape index (κ2) is 10.9. The molecular weight excluding hydrogens is 432 g/mol. The van der Waals surface area contributed by atoms with Crippen LogP contribution in [0.4, 0.5) is 13.2 Å². The molecule has 0 fully saturated rings. The lowest BCUT2D eigenvalue weighted by molar-refractivity contribution is -0.132. The van der Waals surface area contributed by atoms with Crippen LogP contribution in [-0.2, 0) is 6.42 Å². The summed E-state index contributed by atoms with van der Waals surface area (Å²) in [6.45, 7) is 2.69. The van der Waals surface area contributed by atoms with E-state index in [1.54, 1.807) is 12.3 Å². The van der Waals surface area contributed by atoms with Gasteiger partial charge in [-0.3, -0.25) is 4.99 Å². The number of nitrogens with zero attached hydrogens (tertiary/aromatic N) is 2. The molecule has 2 N–H and O–H groups in total. The maximum absolute atomic E-state index is 12.1. The van der Waals surface area contributed by atoms with E-state index in [1.165, 1.54) is 0 Å². The number of halogens is 5. The van der Waals surface area contributed by atoms with Crippen molar-refractivity contribution >= 4 is 41.5 Å². The summed E-state index contributed by atoms with van der Waals surface area (Å²) in [5, 5.41) is 6.30. The molecule has 4 nitrogen and oxygen atoms in total. The Balaban J connectivity index is 0.00000441. The molecule has 1 aromatic heterocycles. The Kier molecular flexibility index (Phi) is 10.5. The zero-order valence-electron chi connectivity index (χ0n) is 12.1. The van der Waals surface area contributed by atoms with Gasteiger partial charge in [0, 0.05) is 19.3 Å². The van der Waals surface area contributed by atoms with E-state index in [9.17, 15) is 13.2 Å². The minimum atomic E-state index is -4.18. The molecule has 0 aromatic carbocycles. The fraction of sp³-hybridized carbons (Fsp3) is 0.538. The molecule has 1 rings (SSSR count). The molecule has 22 heavy (non-hydrogen) atoms. The van der Waals surface area contributed by atoms with Gasteiger partial charge in [-0.1, -0.05) is 17.7 Å². The van der Waals surface area contributed by atoms with E-state index < -0.39 is 12.6 Å². The van der Waals surface area contributed by atoms with Gasteiger partial charge in [0.1, 0.15) is 5.15 Å². The number of nitrogens with one attached hydrogen (secondary N) is 2. The number of hydrogen-bond donors (Lipinski definition) is 2. The lowest BCUT2D eigenvalue weighted by atomic mass is 10.2. The van der Waals surface area contributed by atoms with Gasteiger partial charge in [-0.05, 0) is 25.0 Å². The molecule has 0 aliphatic heterocycles. The van der Waals surface area contributed by atoms with Crippen LogP contribution in [0.25, 0.3) is 0 Å². The Morgan fingerprint density at radius 2 is 2.05 bits per heavy atom. The normalized spacial score (nSPS) is 11.8. The fourth-order valence-electron chi connectivity index (χ4n) is 1.52. The predicted octanol–water partition coefficient (Wildman–Crippen LogP) is 3.40. The molecule has 1 aromatic rings. The quantitative estimate of drug-likeness (QED) is 0.302. The number of rotatable bonds is 6. The van der Waals surface area contributed by atoms with Gasteiger partial charge in [-0.15, -0.1) is 24.0 Å². The number of pyridine rings is 1. The fourth-order valence-corrected chi connectivity index (χ4v) is 1.63. The maximum Gasteiger partial charge on any atom is 0.390 e. The topological polar surface area (TPSA) is 49.3 Å². The van der Waals surface area contributed by atoms with Crippen molar-refractivity contribution < 1.29 is 13.2 Å². The summed E-state index contributed by atoms with van der Waals surface area (Å²) in [7, 11) is 0. The first-order chi connectivity index (χ1) is 9.90. The first-order valence-corrected chi connectivity index (χ1v) is 6.98. The van der Waals surface area contributed by atoms with Crippen LogP contribution in [0.1, 0.15) is 18.9 Å². The third-order valence-corrected chi connectivity index (χ3v) is 2.73. The number of guanidine groups is 1. The molecular formula is C13H19ClF3IN4. The van der Waals surface area contributed by atoms with E-state index in [-0.39, 0.29) is 30.5 Å². The summed E-state index contributed by atoms with van der Waals surface area (Å²) in [6, 6.07) is 3.55. The van der Waals surface area contributed by atoms with Gasteiger partial charge in [-0.25, -0.2) is 4.98 Å². The molecule has 9 heteroatoms. The molecule has 0 spiro atoms. The standard InChI is InChI=1S/C13H18ClF3N4.HI/c1-2-18-12(20-8-6-13(15,16)17)19-7-5-10-3-4-11(14)21-9-10;/h3-4,9H,2,5-8H2,1H3,(H2,18,19,20);1H. The molecule has 0 aliphatic carbocycles. The summed E-state index contributed by atoms with van der Waals surface area (Å²) < 4.78 is 36.2. The predicted molar refractivity (Wildman–Crippen MR) is 93.0 cm³/mol. The summed E-state index contributed by atoms with van der Waals surface area (Å²) >= 11 is 5.68. The highest BCUT2D eigenvalue weighted by Crippen LogP contribution is 2.18. The second-order valence-corrected chi connectivity index (χ2v) is 4.68. The van der Waals surface area contributed by atoms with Gasteiger partial charge < -0.3 is 10.6 Å². The highest BCUT2D eigenvalue weighted by atomic mass is 127. The Morgan fingerprint density at radius 3 is 2.59 bits per heavy atom. The number of aromatic nitrogens is 1. The van der Waals surface area contributed by atoms with Gasteiger partial charge >= 0.3 is 6.18 Å². The van der Waals surface area contributed by atoms with Gasteiger partial charge in [0.2, 0.25) is 0 Å². The van der Waals surface area contributed by atoms with Gasteiger partial charge in [0.25, 0.3) is 0 Å². The Hall–Kier alpha value is -0.770. The summed E-state index contributed by atoms with van der Waals surface area (Å²) in [5.74, 6) is 0.378. The highest BCUT2D eigenvalue weighted by molar-refractivity contribution is 14.0. The summed E-state index contributed by atoms with van der Waals surface area (Å²) in [5.41, 5.74) is 0.984. The zero-order valence-corrected chi connectivity index (χ0v) is 15.2. The first-order valence-electron chi connectivity index (χ1n) is 6.60. The lowest BCUT2D eigenvalue weighted by Gasteiger charge is -2.11. The summed E-state index contributed by atoms with van der Waals surface area (Å²) in [6.07, 6.45) is -2.77. The monoisotopic (exact) mass is 450 g/mol. The van der Waals surface area contributed by atoms with Crippen LogP contribution in [-0.4, -0.2) is 36.8 Å². The van der Waals surface area contributed by atoms with Crippen LogP contribution >= 0.6 is 35.6 Å². The maximum atomic E-state index is 12.1. The molecule has 0 bridgehead atoms. The molecule has 0 amide bonds. The van der Waals surface area contributed by atoms with Gasteiger partial charge in [0.15, 0.2) is 5.96 Å². The zero-order chi connectivity index (χ0) is 15.7. The van der Waals surface area contributed by atoms with Crippen molar-refractivity contribution in [1.29, 1.82) is 0 Å². The van der Waals surface area contributed by atoms with Gasteiger partial charge in [0.05, 0.1) is 13.0 Å². The van der Waals surface area contributed by atoms with Crippen LogP contribution in [0.2, 0.25) is 5.15 Å². The van der Waals surface area contributed by atoms with Crippen molar-refractivity contribution in [2.75, 3.05) is 19.6 Å². The van der Waals surface area contributed by atoms with E-state index >= 15 is 0 Å². The second-order valence-electron chi connectivity index (χ2n) is 4.29.